The Bertz CT molecular complexity index is 1020. The zero-order valence-electron chi connectivity index (χ0n) is 16.4. The Kier molecular flexibility index (Phi) is 4.75. The number of amides is 2. The minimum Gasteiger partial charge on any atom is -0.467 e. The lowest BCUT2D eigenvalue weighted by molar-refractivity contribution is -0.131. The van der Waals surface area contributed by atoms with Crippen LogP contribution in [0.3, 0.4) is 0 Å². The first-order valence-corrected chi connectivity index (χ1v) is 10.1. The molecule has 2 amide bonds. The zero-order chi connectivity index (χ0) is 20.5. The molecule has 30 heavy (non-hydrogen) atoms. The van der Waals surface area contributed by atoms with Gasteiger partial charge in [0.1, 0.15) is 18.4 Å². The first-order chi connectivity index (χ1) is 14.7. The highest BCUT2D eigenvalue weighted by molar-refractivity contribution is 6.03. The van der Waals surface area contributed by atoms with Gasteiger partial charge in [-0.3, -0.25) is 4.79 Å². The number of cyclic esters (lactones) is 1. The lowest BCUT2D eigenvalue weighted by Gasteiger charge is -2.47. The molecule has 0 aliphatic carbocycles. The van der Waals surface area contributed by atoms with Crippen LogP contribution in [0.25, 0.3) is 0 Å². The van der Waals surface area contributed by atoms with Gasteiger partial charge in [-0.05, 0) is 36.2 Å². The number of nitrogens with zero attached hydrogens (tertiary/aromatic N) is 2. The Balaban J connectivity index is 1.38. The average Bonchev–Trinajstić information content (AvgIpc) is 3.42. The fourth-order valence-corrected chi connectivity index (χ4v) is 4.37. The lowest BCUT2D eigenvalue weighted by Crippen LogP contribution is -2.59. The topological polar surface area (TPSA) is 63.0 Å². The average molecular weight is 402 g/mol. The van der Waals surface area contributed by atoms with Crippen LogP contribution in [0.4, 0.5) is 10.5 Å². The molecule has 0 spiro atoms. The van der Waals surface area contributed by atoms with Crippen molar-refractivity contribution in [3.05, 3.63) is 90.4 Å². The Hall–Kier alpha value is -3.54. The lowest BCUT2D eigenvalue weighted by atomic mass is 9.84. The van der Waals surface area contributed by atoms with Crippen molar-refractivity contribution in [3.8, 4) is 0 Å². The largest absolute Gasteiger partial charge is 0.467 e. The second kappa shape index (κ2) is 7.71. The van der Waals surface area contributed by atoms with E-state index in [0.717, 1.165) is 17.0 Å². The molecule has 0 N–H and O–H groups in total. The number of hydrogen-bond acceptors (Lipinski definition) is 4. The summed E-state index contributed by atoms with van der Waals surface area (Å²) in [6, 6.07) is 22.9. The van der Waals surface area contributed by atoms with Gasteiger partial charge in [0.2, 0.25) is 5.91 Å². The second-order valence-corrected chi connectivity index (χ2v) is 7.68. The maximum absolute atomic E-state index is 13.1. The molecule has 2 aliphatic rings. The molecule has 2 aromatic carbocycles. The van der Waals surface area contributed by atoms with Crippen LogP contribution in [-0.2, 0) is 16.0 Å². The van der Waals surface area contributed by atoms with Crippen LogP contribution in [0.2, 0.25) is 0 Å². The maximum Gasteiger partial charge on any atom is 0.410 e. The van der Waals surface area contributed by atoms with Crippen molar-refractivity contribution in [1.29, 1.82) is 0 Å². The monoisotopic (exact) mass is 402 g/mol. The van der Waals surface area contributed by atoms with Gasteiger partial charge < -0.3 is 19.0 Å². The molecule has 3 atom stereocenters. The van der Waals surface area contributed by atoms with Crippen molar-refractivity contribution in [3.63, 3.8) is 0 Å². The van der Waals surface area contributed by atoms with Gasteiger partial charge in [0.05, 0.1) is 18.2 Å². The number of anilines is 1. The first-order valence-electron chi connectivity index (χ1n) is 10.1. The number of carbonyl (C=O) groups excluding carboxylic acids is 2. The molecule has 3 aromatic rings. The quantitative estimate of drug-likeness (QED) is 0.584. The molecule has 0 saturated carbocycles. The van der Waals surface area contributed by atoms with Gasteiger partial charge in [-0.15, -0.1) is 0 Å². The third kappa shape index (κ3) is 3.24. The Labute approximate surface area is 174 Å². The Morgan fingerprint density at radius 3 is 2.33 bits per heavy atom. The first kappa shape index (κ1) is 18.5. The van der Waals surface area contributed by atoms with Crippen LogP contribution >= 0.6 is 0 Å². The van der Waals surface area contributed by atoms with E-state index in [4.69, 9.17) is 9.15 Å². The molecule has 1 aromatic heterocycles. The van der Waals surface area contributed by atoms with Gasteiger partial charge in [0, 0.05) is 12.2 Å². The minimum atomic E-state index is -0.375. The van der Waals surface area contributed by atoms with E-state index in [9.17, 15) is 9.59 Å². The Morgan fingerprint density at radius 2 is 1.63 bits per heavy atom. The molecule has 0 unspecified atom stereocenters. The summed E-state index contributed by atoms with van der Waals surface area (Å²) in [7, 11) is 0. The van der Waals surface area contributed by atoms with E-state index in [1.165, 1.54) is 0 Å². The van der Waals surface area contributed by atoms with Crippen LogP contribution in [0.5, 0.6) is 0 Å². The third-order valence-electron chi connectivity index (χ3n) is 5.87. The number of para-hydroxylation sites is 1. The molecule has 6 heteroatoms. The fraction of sp³-hybridized carbons (Fsp3) is 0.250. The molecule has 0 bridgehead atoms. The molecule has 2 fully saturated rings. The highest BCUT2D eigenvalue weighted by Crippen LogP contribution is 2.44. The highest BCUT2D eigenvalue weighted by Gasteiger charge is 2.52. The summed E-state index contributed by atoms with van der Waals surface area (Å²) in [5.74, 6) is 0.330. The van der Waals surface area contributed by atoms with Crippen LogP contribution in [-0.4, -0.2) is 36.1 Å². The van der Waals surface area contributed by atoms with Gasteiger partial charge in [0.25, 0.3) is 0 Å². The van der Waals surface area contributed by atoms with E-state index in [1.54, 1.807) is 16.1 Å². The summed E-state index contributed by atoms with van der Waals surface area (Å²) in [5.41, 5.74) is 1.96. The number of benzene rings is 2. The standard InChI is InChI=1S/C24H22N2O4/c27-23-20(15-25-19(16-30-24(25)28)14-17-8-3-1-4-9-17)22(21-12-7-13-29-21)26(23)18-10-5-2-6-11-18/h1-13,19-20,22H,14-16H2/t19-,20-,22-/m0/s1. The molecule has 2 saturated heterocycles. The number of rotatable bonds is 6. The molecular weight excluding hydrogens is 380 g/mol. The second-order valence-electron chi connectivity index (χ2n) is 7.68. The normalized spacial score (nSPS) is 23.4. The fourth-order valence-electron chi connectivity index (χ4n) is 4.37. The van der Waals surface area contributed by atoms with E-state index in [-0.39, 0.29) is 30.0 Å². The summed E-state index contributed by atoms with van der Waals surface area (Å²) < 4.78 is 11.0. The Morgan fingerprint density at radius 1 is 0.900 bits per heavy atom. The van der Waals surface area contributed by atoms with Crippen molar-refractivity contribution in [2.75, 3.05) is 18.1 Å². The van der Waals surface area contributed by atoms with Gasteiger partial charge >= 0.3 is 6.09 Å². The number of hydrogen-bond donors (Lipinski definition) is 0. The number of ether oxygens (including phenoxy) is 1. The molecule has 5 rings (SSSR count). The summed E-state index contributed by atoms with van der Waals surface area (Å²) in [6.07, 6.45) is 1.95. The molecule has 3 heterocycles. The van der Waals surface area contributed by atoms with E-state index in [2.05, 4.69) is 0 Å². The maximum atomic E-state index is 13.1. The van der Waals surface area contributed by atoms with Gasteiger partial charge in [0.15, 0.2) is 0 Å². The van der Waals surface area contributed by atoms with Crippen LogP contribution < -0.4 is 4.90 Å². The van der Waals surface area contributed by atoms with Crippen LogP contribution in [0.1, 0.15) is 17.4 Å². The van der Waals surface area contributed by atoms with Crippen LogP contribution in [0, 0.1) is 5.92 Å². The SMILES string of the molecule is O=C1OC[C@H](Cc2ccccc2)N1C[C@@H]1C(=O)N(c2ccccc2)[C@@H]1c1ccco1. The predicted molar refractivity (Wildman–Crippen MR) is 111 cm³/mol. The van der Waals surface area contributed by atoms with Gasteiger partial charge in [-0.25, -0.2) is 4.79 Å². The molecule has 6 nitrogen and oxygen atoms in total. The molecular formula is C24H22N2O4. The van der Waals surface area contributed by atoms with Crippen LogP contribution in [0.15, 0.2) is 83.5 Å². The van der Waals surface area contributed by atoms with Crippen molar-refractivity contribution >= 4 is 17.7 Å². The summed E-state index contributed by atoms with van der Waals surface area (Å²) in [6.45, 7) is 0.645. The zero-order valence-corrected chi connectivity index (χ0v) is 16.4. The predicted octanol–water partition coefficient (Wildman–Crippen LogP) is 4.05. The summed E-state index contributed by atoms with van der Waals surface area (Å²) >= 11 is 0. The van der Waals surface area contributed by atoms with Gasteiger partial charge in [-0.2, -0.15) is 0 Å². The molecule has 0 radical (unpaired) electrons. The molecule has 152 valence electrons. The van der Waals surface area contributed by atoms with Gasteiger partial charge in [-0.1, -0.05) is 48.5 Å². The number of β-lactam (4-membered cyclic amide) rings is 1. The van der Waals surface area contributed by atoms with Crippen molar-refractivity contribution < 1.29 is 18.7 Å². The summed E-state index contributed by atoms with van der Waals surface area (Å²) in [5, 5.41) is 0. The van der Waals surface area contributed by atoms with Crippen molar-refractivity contribution in [2.45, 2.75) is 18.5 Å². The number of furan rings is 1. The van der Waals surface area contributed by atoms with E-state index < -0.39 is 0 Å². The van der Waals surface area contributed by atoms with E-state index >= 15 is 0 Å². The van der Waals surface area contributed by atoms with E-state index in [0.29, 0.717) is 19.6 Å². The smallest absolute Gasteiger partial charge is 0.410 e. The van der Waals surface area contributed by atoms with Crippen molar-refractivity contribution in [2.24, 2.45) is 5.92 Å². The third-order valence-corrected chi connectivity index (χ3v) is 5.87. The van der Waals surface area contributed by atoms with E-state index in [1.807, 2.05) is 72.8 Å². The summed E-state index contributed by atoms with van der Waals surface area (Å²) in [4.78, 5) is 29.0. The highest BCUT2D eigenvalue weighted by atomic mass is 16.6. The van der Waals surface area contributed by atoms with Crippen molar-refractivity contribution in [1.82, 2.24) is 4.90 Å². The number of carbonyl (C=O) groups is 2. The molecule has 2 aliphatic heterocycles. The minimum absolute atomic E-state index is 0.0132.